The third-order valence-electron chi connectivity index (χ3n) is 2.35. The van der Waals surface area contributed by atoms with Gasteiger partial charge in [-0.1, -0.05) is 35.8 Å². The summed E-state index contributed by atoms with van der Waals surface area (Å²) >= 11 is 3.44. The molecule has 90 valence electrons. The highest BCUT2D eigenvalue weighted by Crippen LogP contribution is 2.19. The molecular weight excluding hydrogens is 266 g/mol. The van der Waals surface area contributed by atoms with Crippen LogP contribution in [-0.4, -0.2) is 19.2 Å². The van der Waals surface area contributed by atoms with Crippen LogP contribution < -0.4 is 10.1 Å². The Hall–Kier alpha value is -0.540. The molecule has 1 rings (SSSR count). The lowest BCUT2D eigenvalue weighted by Crippen LogP contribution is -2.31. The maximum absolute atomic E-state index is 5.90. The minimum absolute atomic E-state index is 0.251. The Kier molecular flexibility index (Phi) is 6.50. The van der Waals surface area contributed by atoms with Gasteiger partial charge in [-0.3, -0.25) is 0 Å². The lowest BCUT2D eigenvalue weighted by molar-refractivity contribution is 0.193. The number of ether oxygens (including phenoxy) is 1. The van der Waals surface area contributed by atoms with Gasteiger partial charge in [0.1, 0.15) is 11.9 Å². The highest BCUT2D eigenvalue weighted by molar-refractivity contribution is 9.10. The van der Waals surface area contributed by atoms with Gasteiger partial charge in [-0.25, -0.2) is 0 Å². The van der Waals surface area contributed by atoms with Crippen LogP contribution >= 0.6 is 15.9 Å². The standard InChI is InChI=1S/C13H20BrNO/c1-3-8-15-10-12(4-2)16-13-7-5-6-11(14)9-13/h5-7,9,12,15H,3-4,8,10H2,1-2H3. The van der Waals surface area contributed by atoms with Crippen molar-refractivity contribution in [3.8, 4) is 5.75 Å². The van der Waals surface area contributed by atoms with Crippen molar-refractivity contribution >= 4 is 15.9 Å². The Balaban J connectivity index is 2.43. The van der Waals surface area contributed by atoms with Crippen LogP contribution in [0.2, 0.25) is 0 Å². The van der Waals surface area contributed by atoms with Crippen LogP contribution in [0, 0.1) is 0 Å². The van der Waals surface area contributed by atoms with Crippen molar-refractivity contribution < 1.29 is 4.74 Å². The van der Waals surface area contributed by atoms with Crippen LogP contribution in [0.25, 0.3) is 0 Å². The highest BCUT2D eigenvalue weighted by Gasteiger charge is 2.07. The second-order valence-electron chi connectivity index (χ2n) is 3.81. The molecule has 0 saturated carbocycles. The summed E-state index contributed by atoms with van der Waals surface area (Å²) < 4.78 is 6.96. The van der Waals surface area contributed by atoms with Gasteiger partial charge in [-0.05, 0) is 37.6 Å². The van der Waals surface area contributed by atoms with Gasteiger partial charge < -0.3 is 10.1 Å². The van der Waals surface area contributed by atoms with E-state index in [2.05, 4.69) is 35.1 Å². The second-order valence-corrected chi connectivity index (χ2v) is 4.73. The second kappa shape index (κ2) is 7.69. The Bertz CT molecular complexity index is 304. The number of hydrogen-bond donors (Lipinski definition) is 1. The van der Waals surface area contributed by atoms with Gasteiger partial charge in [0.2, 0.25) is 0 Å². The summed E-state index contributed by atoms with van der Waals surface area (Å²) in [7, 11) is 0. The first kappa shape index (κ1) is 13.5. The summed E-state index contributed by atoms with van der Waals surface area (Å²) in [5.74, 6) is 0.930. The van der Waals surface area contributed by atoms with Crippen molar-refractivity contribution in [2.24, 2.45) is 0 Å². The molecule has 0 radical (unpaired) electrons. The summed E-state index contributed by atoms with van der Waals surface area (Å²) in [5.41, 5.74) is 0. The fraction of sp³-hybridized carbons (Fsp3) is 0.538. The SMILES string of the molecule is CCCNCC(CC)Oc1cccc(Br)c1. The average Bonchev–Trinajstić information content (AvgIpc) is 2.28. The number of halogens is 1. The van der Waals surface area contributed by atoms with E-state index in [0.29, 0.717) is 0 Å². The van der Waals surface area contributed by atoms with Crippen molar-refractivity contribution in [3.63, 3.8) is 0 Å². The molecule has 0 aliphatic rings. The Morgan fingerprint density at radius 2 is 2.19 bits per heavy atom. The summed E-state index contributed by atoms with van der Waals surface area (Å²) in [5, 5.41) is 3.38. The summed E-state index contributed by atoms with van der Waals surface area (Å²) in [6.45, 7) is 6.29. The van der Waals surface area contributed by atoms with E-state index in [-0.39, 0.29) is 6.10 Å². The van der Waals surface area contributed by atoms with Gasteiger partial charge >= 0.3 is 0 Å². The maximum Gasteiger partial charge on any atom is 0.120 e. The van der Waals surface area contributed by atoms with Crippen LogP contribution in [0.1, 0.15) is 26.7 Å². The molecule has 1 atom stereocenters. The number of hydrogen-bond acceptors (Lipinski definition) is 2. The molecule has 0 amide bonds. The van der Waals surface area contributed by atoms with Crippen LogP contribution in [0.5, 0.6) is 5.75 Å². The molecule has 16 heavy (non-hydrogen) atoms. The molecule has 1 N–H and O–H groups in total. The van der Waals surface area contributed by atoms with Gasteiger partial charge in [0, 0.05) is 11.0 Å². The van der Waals surface area contributed by atoms with Crippen molar-refractivity contribution in [1.29, 1.82) is 0 Å². The Morgan fingerprint density at radius 3 is 2.81 bits per heavy atom. The quantitative estimate of drug-likeness (QED) is 0.773. The molecule has 0 heterocycles. The topological polar surface area (TPSA) is 21.3 Å². The number of rotatable bonds is 7. The molecule has 0 fully saturated rings. The van der Waals surface area contributed by atoms with Gasteiger partial charge in [0.25, 0.3) is 0 Å². The number of nitrogens with one attached hydrogen (secondary N) is 1. The van der Waals surface area contributed by atoms with E-state index in [1.807, 2.05) is 24.3 Å². The van der Waals surface area contributed by atoms with E-state index >= 15 is 0 Å². The third kappa shape index (κ3) is 4.99. The minimum atomic E-state index is 0.251. The van der Waals surface area contributed by atoms with Crippen molar-refractivity contribution in [2.75, 3.05) is 13.1 Å². The van der Waals surface area contributed by atoms with Crippen molar-refractivity contribution in [1.82, 2.24) is 5.32 Å². The van der Waals surface area contributed by atoms with E-state index in [1.54, 1.807) is 0 Å². The zero-order valence-corrected chi connectivity index (χ0v) is 11.6. The van der Waals surface area contributed by atoms with Crippen LogP contribution in [0.4, 0.5) is 0 Å². The van der Waals surface area contributed by atoms with Gasteiger partial charge in [-0.15, -0.1) is 0 Å². The predicted molar refractivity (Wildman–Crippen MR) is 72.0 cm³/mol. The maximum atomic E-state index is 5.90. The molecule has 0 aliphatic carbocycles. The van der Waals surface area contributed by atoms with Gasteiger partial charge in [0.15, 0.2) is 0 Å². The normalized spacial score (nSPS) is 12.4. The lowest BCUT2D eigenvalue weighted by Gasteiger charge is -2.18. The van der Waals surface area contributed by atoms with E-state index in [0.717, 1.165) is 36.2 Å². The molecule has 0 saturated heterocycles. The van der Waals surface area contributed by atoms with E-state index in [9.17, 15) is 0 Å². The van der Waals surface area contributed by atoms with E-state index in [1.165, 1.54) is 0 Å². The van der Waals surface area contributed by atoms with Crippen LogP contribution in [-0.2, 0) is 0 Å². The largest absolute Gasteiger partial charge is 0.489 e. The molecule has 1 aromatic rings. The average molecular weight is 286 g/mol. The monoisotopic (exact) mass is 285 g/mol. The molecule has 2 nitrogen and oxygen atoms in total. The molecule has 0 aliphatic heterocycles. The zero-order valence-electron chi connectivity index (χ0n) is 10.0. The fourth-order valence-corrected chi connectivity index (χ4v) is 1.82. The Labute approximate surface area is 107 Å². The molecular formula is C13H20BrNO. The van der Waals surface area contributed by atoms with Crippen LogP contribution in [0.3, 0.4) is 0 Å². The molecule has 3 heteroatoms. The fourth-order valence-electron chi connectivity index (χ4n) is 1.44. The first-order valence-electron chi connectivity index (χ1n) is 5.89. The lowest BCUT2D eigenvalue weighted by atomic mass is 10.2. The minimum Gasteiger partial charge on any atom is -0.489 e. The predicted octanol–water partition coefficient (Wildman–Crippen LogP) is 3.61. The molecule has 0 bridgehead atoms. The van der Waals surface area contributed by atoms with Gasteiger partial charge in [0.05, 0.1) is 0 Å². The van der Waals surface area contributed by atoms with E-state index in [4.69, 9.17) is 4.74 Å². The first-order valence-corrected chi connectivity index (χ1v) is 6.68. The van der Waals surface area contributed by atoms with Crippen LogP contribution in [0.15, 0.2) is 28.7 Å². The smallest absolute Gasteiger partial charge is 0.120 e. The third-order valence-corrected chi connectivity index (χ3v) is 2.85. The summed E-state index contributed by atoms with van der Waals surface area (Å²) in [6.07, 6.45) is 2.43. The molecule has 0 spiro atoms. The summed E-state index contributed by atoms with van der Waals surface area (Å²) in [6, 6.07) is 7.99. The highest BCUT2D eigenvalue weighted by atomic mass is 79.9. The molecule has 1 unspecified atom stereocenters. The first-order chi connectivity index (χ1) is 7.76. The van der Waals surface area contributed by atoms with Crippen molar-refractivity contribution in [2.45, 2.75) is 32.8 Å². The molecule has 1 aromatic carbocycles. The number of benzene rings is 1. The van der Waals surface area contributed by atoms with Crippen molar-refractivity contribution in [3.05, 3.63) is 28.7 Å². The van der Waals surface area contributed by atoms with Gasteiger partial charge in [-0.2, -0.15) is 0 Å². The summed E-state index contributed by atoms with van der Waals surface area (Å²) in [4.78, 5) is 0. The molecule has 0 aromatic heterocycles. The Morgan fingerprint density at radius 1 is 1.38 bits per heavy atom. The van der Waals surface area contributed by atoms with E-state index < -0.39 is 0 Å². The zero-order chi connectivity index (χ0) is 11.8.